The van der Waals surface area contributed by atoms with Gasteiger partial charge in [0.1, 0.15) is 0 Å². The van der Waals surface area contributed by atoms with Crippen LogP contribution in [0.25, 0.3) is 0 Å². The molecule has 1 fully saturated rings. The Morgan fingerprint density at radius 2 is 1.67 bits per heavy atom. The minimum absolute atomic E-state index is 0. The van der Waals surface area contributed by atoms with Crippen LogP contribution in [0.15, 0.2) is 65.7 Å². The van der Waals surface area contributed by atoms with E-state index in [2.05, 4.69) is 40.6 Å². The molecule has 21 heavy (non-hydrogen) atoms. The fraction of sp³-hybridized carbons (Fsp3) is 0.235. The van der Waals surface area contributed by atoms with Gasteiger partial charge in [-0.1, -0.05) is 48.5 Å². The number of nitrogens with two attached hydrogens (primary N) is 1. The van der Waals surface area contributed by atoms with Crippen LogP contribution in [0.4, 0.5) is 5.69 Å². The molecule has 1 aliphatic carbocycles. The van der Waals surface area contributed by atoms with Crippen molar-refractivity contribution < 1.29 is 0 Å². The molecular formula is C17H20IN3. The molecule has 3 nitrogen and oxygen atoms in total. The van der Waals surface area contributed by atoms with E-state index in [-0.39, 0.29) is 24.0 Å². The number of aliphatic imine (C=N–C) groups is 1. The Hall–Kier alpha value is -1.56. The average molecular weight is 393 g/mol. The molecule has 0 spiro atoms. The minimum atomic E-state index is 0. The minimum Gasteiger partial charge on any atom is -0.370 e. The van der Waals surface area contributed by atoms with Crippen LogP contribution < -0.4 is 11.1 Å². The zero-order valence-corrected chi connectivity index (χ0v) is 14.1. The Morgan fingerprint density at radius 1 is 1.05 bits per heavy atom. The first-order chi connectivity index (χ1) is 9.83. The van der Waals surface area contributed by atoms with Crippen LogP contribution in [0.3, 0.4) is 0 Å². The number of guanidine groups is 1. The lowest BCUT2D eigenvalue weighted by Gasteiger charge is -2.05. The summed E-state index contributed by atoms with van der Waals surface area (Å²) >= 11 is 0. The van der Waals surface area contributed by atoms with Gasteiger partial charge < -0.3 is 11.1 Å². The molecule has 0 heterocycles. The fourth-order valence-corrected chi connectivity index (χ4v) is 2.48. The summed E-state index contributed by atoms with van der Waals surface area (Å²) in [7, 11) is 0. The normalized spacial score (nSPS) is 20.5. The molecule has 0 aromatic heterocycles. The zero-order valence-electron chi connectivity index (χ0n) is 11.8. The van der Waals surface area contributed by atoms with Crippen molar-refractivity contribution in [3.05, 3.63) is 66.2 Å². The van der Waals surface area contributed by atoms with Crippen LogP contribution in [-0.4, -0.2) is 12.5 Å². The van der Waals surface area contributed by atoms with Crippen molar-refractivity contribution in [3.63, 3.8) is 0 Å². The smallest absolute Gasteiger partial charge is 0.193 e. The molecule has 2 aromatic rings. The number of nitrogens with zero attached hydrogens (tertiary/aromatic N) is 1. The van der Waals surface area contributed by atoms with Gasteiger partial charge in [-0.05, 0) is 36.0 Å². The van der Waals surface area contributed by atoms with E-state index in [1.807, 2.05) is 30.3 Å². The van der Waals surface area contributed by atoms with Gasteiger partial charge in [0.15, 0.2) is 5.96 Å². The van der Waals surface area contributed by atoms with Gasteiger partial charge >= 0.3 is 0 Å². The quantitative estimate of drug-likeness (QED) is 0.471. The second kappa shape index (κ2) is 7.45. The van der Waals surface area contributed by atoms with E-state index in [0.29, 0.717) is 17.8 Å². The molecule has 0 saturated heterocycles. The van der Waals surface area contributed by atoms with Gasteiger partial charge in [-0.3, -0.25) is 4.99 Å². The lowest BCUT2D eigenvalue weighted by molar-refractivity contribution is 0.809. The number of halogens is 1. The van der Waals surface area contributed by atoms with E-state index in [9.17, 15) is 0 Å². The summed E-state index contributed by atoms with van der Waals surface area (Å²) in [6.45, 7) is 0.797. The van der Waals surface area contributed by atoms with Gasteiger partial charge in [-0.15, -0.1) is 24.0 Å². The third-order valence-corrected chi connectivity index (χ3v) is 3.69. The summed E-state index contributed by atoms with van der Waals surface area (Å²) in [6, 6.07) is 20.5. The highest BCUT2D eigenvalue weighted by Crippen LogP contribution is 2.47. The van der Waals surface area contributed by atoms with Crippen molar-refractivity contribution in [2.45, 2.75) is 12.3 Å². The Balaban J connectivity index is 0.00000161. The molecule has 1 aliphatic rings. The van der Waals surface area contributed by atoms with Gasteiger partial charge in [0.2, 0.25) is 0 Å². The van der Waals surface area contributed by atoms with E-state index < -0.39 is 0 Å². The highest BCUT2D eigenvalue weighted by molar-refractivity contribution is 14.0. The van der Waals surface area contributed by atoms with Crippen LogP contribution in [-0.2, 0) is 0 Å². The average Bonchev–Trinajstić information content (AvgIpc) is 3.27. The molecular weight excluding hydrogens is 373 g/mol. The first-order valence-electron chi connectivity index (χ1n) is 7.00. The molecule has 0 amide bonds. The fourth-order valence-electron chi connectivity index (χ4n) is 2.48. The molecule has 4 heteroatoms. The molecule has 3 rings (SSSR count). The van der Waals surface area contributed by atoms with E-state index in [1.54, 1.807) is 0 Å². The maximum absolute atomic E-state index is 5.90. The molecule has 0 aliphatic heterocycles. The lowest BCUT2D eigenvalue weighted by atomic mass is 10.1. The van der Waals surface area contributed by atoms with E-state index in [4.69, 9.17) is 5.73 Å². The van der Waals surface area contributed by atoms with E-state index in [1.165, 1.54) is 12.0 Å². The van der Waals surface area contributed by atoms with Gasteiger partial charge in [0, 0.05) is 12.2 Å². The third-order valence-electron chi connectivity index (χ3n) is 3.69. The summed E-state index contributed by atoms with van der Waals surface area (Å²) in [5, 5.41) is 3.11. The van der Waals surface area contributed by atoms with Gasteiger partial charge in [0.25, 0.3) is 0 Å². The second-order valence-corrected chi connectivity index (χ2v) is 5.23. The van der Waals surface area contributed by atoms with Gasteiger partial charge in [0.05, 0.1) is 0 Å². The second-order valence-electron chi connectivity index (χ2n) is 5.23. The van der Waals surface area contributed by atoms with E-state index in [0.717, 1.165) is 12.2 Å². The molecule has 2 atom stereocenters. The lowest BCUT2D eigenvalue weighted by Crippen LogP contribution is -2.23. The topological polar surface area (TPSA) is 50.4 Å². The number of rotatable bonds is 4. The third kappa shape index (κ3) is 4.46. The SMILES string of the molecule is I.NC(=NCC1CC1c1ccccc1)Nc1ccccc1. The molecule has 0 bridgehead atoms. The van der Waals surface area contributed by atoms with Crippen molar-refractivity contribution in [3.8, 4) is 0 Å². The predicted octanol–water partition coefficient (Wildman–Crippen LogP) is 3.83. The Morgan fingerprint density at radius 3 is 2.33 bits per heavy atom. The molecule has 0 radical (unpaired) electrons. The largest absolute Gasteiger partial charge is 0.370 e. The van der Waals surface area contributed by atoms with Crippen molar-refractivity contribution in [1.82, 2.24) is 0 Å². The van der Waals surface area contributed by atoms with Gasteiger partial charge in [-0.25, -0.2) is 0 Å². The molecule has 2 unspecified atom stereocenters. The molecule has 110 valence electrons. The van der Waals surface area contributed by atoms with Crippen LogP contribution in [0.1, 0.15) is 17.9 Å². The Labute approximate surface area is 142 Å². The number of hydrogen-bond acceptors (Lipinski definition) is 1. The van der Waals surface area contributed by atoms with Crippen molar-refractivity contribution in [1.29, 1.82) is 0 Å². The van der Waals surface area contributed by atoms with Gasteiger partial charge in [-0.2, -0.15) is 0 Å². The van der Waals surface area contributed by atoms with Crippen LogP contribution >= 0.6 is 24.0 Å². The summed E-state index contributed by atoms with van der Waals surface area (Å²) < 4.78 is 0. The summed E-state index contributed by atoms with van der Waals surface area (Å²) in [5.41, 5.74) is 8.30. The number of para-hydroxylation sites is 1. The number of nitrogens with one attached hydrogen (secondary N) is 1. The molecule has 3 N–H and O–H groups in total. The van der Waals surface area contributed by atoms with E-state index >= 15 is 0 Å². The van der Waals surface area contributed by atoms with Crippen molar-refractivity contribution >= 4 is 35.6 Å². The number of hydrogen-bond donors (Lipinski definition) is 2. The summed E-state index contributed by atoms with van der Waals surface area (Å²) in [6.07, 6.45) is 1.21. The van der Waals surface area contributed by atoms with Crippen molar-refractivity contribution in [2.75, 3.05) is 11.9 Å². The highest BCUT2D eigenvalue weighted by atomic mass is 127. The Kier molecular flexibility index (Phi) is 5.61. The first-order valence-corrected chi connectivity index (χ1v) is 7.00. The standard InChI is InChI=1S/C17H19N3.HI/c18-17(20-15-9-5-2-6-10-15)19-12-14-11-16(14)13-7-3-1-4-8-13;/h1-10,14,16H,11-12H2,(H3,18,19,20);1H. The van der Waals surface area contributed by atoms with Crippen molar-refractivity contribution in [2.24, 2.45) is 16.6 Å². The number of benzene rings is 2. The molecule has 1 saturated carbocycles. The summed E-state index contributed by atoms with van der Waals surface area (Å²) in [5.74, 6) is 1.79. The van der Waals surface area contributed by atoms with Crippen LogP contribution in [0.2, 0.25) is 0 Å². The highest BCUT2D eigenvalue weighted by Gasteiger charge is 2.37. The first kappa shape index (κ1) is 15.8. The Bertz CT molecular complexity index is 583. The zero-order chi connectivity index (χ0) is 13.8. The number of anilines is 1. The van der Waals surface area contributed by atoms with Crippen LogP contribution in [0.5, 0.6) is 0 Å². The summed E-state index contributed by atoms with van der Waals surface area (Å²) in [4.78, 5) is 4.44. The maximum Gasteiger partial charge on any atom is 0.193 e. The van der Waals surface area contributed by atoms with Crippen LogP contribution in [0, 0.1) is 5.92 Å². The maximum atomic E-state index is 5.90. The predicted molar refractivity (Wildman–Crippen MR) is 99.3 cm³/mol. The monoisotopic (exact) mass is 393 g/mol. The molecule has 2 aromatic carbocycles.